The van der Waals surface area contributed by atoms with Gasteiger partial charge in [0, 0.05) is 27.9 Å². The number of benzene rings is 1. The number of hydrogen-bond acceptors (Lipinski definition) is 4. The molecule has 0 saturated heterocycles. The van der Waals surface area contributed by atoms with Crippen molar-refractivity contribution in [3.05, 3.63) is 48.3 Å². The Morgan fingerprint density at radius 1 is 1.18 bits per heavy atom. The molecule has 0 unspecified atom stereocenters. The number of nitrogen functional groups attached to an aromatic ring is 1. The molecule has 5 heteroatoms. The summed E-state index contributed by atoms with van der Waals surface area (Å²) in [6.07, 6.45) is 3.38. The third-order valence-electron chi connectivity index (χ3n) is 2.14. The molecule has 2 rings (SSSR count). The van der Waals surface area contributed by atoms with Crippen LogP contribution in [-0.2, 0) is 0 Å². The van der Waals surface area contributed by atoms with E-state index in [-0.39, 0.29) is 11.3 Å². The van der Waals surface area contributed by atoms with Crippen LogP contribution in [0.15, 0.2) is 52.5 Å². The van der Waals surface area contributed by atoms with Gasteiger partial charge >= 0.3 is 5.97 Å². The first-order valence-electron chi connectivity index (χ1n) is 4.87. The van der Waals surface area contributed by atoms with Gasteiger partial charge in [-0.3, -0.25) is 4.98 Å². The van der Waals surface area contributed by atoms with E-state index < -0.39 is 5.97 Å². The summed E-state index contributed by atoms with van der Waals surface area (Å²) >= 11 is 1.47. The molecule has 1 heterocycles. The number of rotatable bonds is 3. The lowest BCUT2D eigenvalue weighted by Crippen LogP contribution is -2.01. The number of carboxylic acids is 1. The highest BCUT2D eigenvalue weighted by Gasteiger charge is 2.09. The van der Waals surface area contributed by atoms with Crippen LogP contribution < -0.4 is 5.73 Å². The van der Waals surface area contributed by atoms with Gasteiger partial charge in [0.25, 0.3) is 0 Å². The zero-order chi connectivity index (χ0) is 12.3. The minimum absolute atomic E-state index is 0.129. The van der Waals surface area contributed by atoms with Crippen molar-refractivity contribution in [2.45, 2.75) is 9.79 Å². The molecule has 17 heavy (non-hydrogen) atoms. The molecule has 0 bridgehead atoms. The molecular weight excluding hydrogens is 236 g/mol. The average Bonchev–Trinajstić information content (AvgIpc) is 2.32. The van der Waals surface area contributed by atoms with Crippen LogP contribution in [0, 0.1) is 0 Å². The number of carbonyl (C=O) groups is 1. The van der Waals surface area contributed by atoms with Crippen molar-refractivity contribution in [1.29, 1.82) is 0 Å². The van der Waals surface area contributed by atoms with Gasteiger partial charge in [0.1, 0.15) is 0 Å². The maximum Gasteiger partial charge on any atom is 0.337 e. The van der Waals surface area contributed by atoms with Gasteiger partial charge in [-0.05, 0) is 30.3 Å². The Morgan fingerprint density at radius 2 is 1.88 bits per heavy atom. The Labute approximate surface area is 102 Å². The first kappa shape index (κ1) is 11.5. The van der Waals surface area contributed by atoms with Gasteiger partial charge in [0.15, 0.2) is 0 Å². The van der Waals surface area contributed by atoms with E-state index in [1.165, 1.54) is 11.8 Å². The minimum atomic E-state index is -1.01. The Hall–Kier alpha value is -2.01. The van der Waals surface area contributed by atoms with Crippen LogP contribution in [0.5, 0.6) is 0 Å². The predicted octanol–water partition coefficient (Wildman–Crippen LogP) is 2.51. The number of aromatic carboxylic acids is 1. The number of pyridine rings is 1. The molecule has 0 spiro atoms. The summed E-state index contributed by atoms with van der Waals surface area (Å²) < 4.78 is 0. The van der Waals surface area contributed by atoms with Crippen LogP contribution in [-0.4, -0.2) is 16.1 Å². The second-order valence-corrected chi connectivity index (χ2v) is 4.49. The molecule has 1 aromatic heterocycles. The van der Waals surface area contributed by atoms with Gasteiger partial charge in [-0.15, -0.1) is 0 Å². The normalized spacial score (nSPS) is 10.1. The van der Waals surface area contributed by atoms with E-state index in [9.17, 15) is 4.79 Å². The van der Waals surface area contributed by atoms with Gasteiger partial charge in [-0.2, -0.15) is 0 Å². The summed E-state index contributed by atoms with van der Waals surface area (Å²) in [7, 11) is 0. The number of anilines is 1. The molecule has 0 aliphatic carbocycles. The third-order valence-corrected chi connectivity index (χ3v) is 3.14. The summed E-state index contributed by atoms with van der Waals surface area (Å²) in [5.74, 6) is -1.01. The minimum Gasteiger partial charge on any atom is -0.478 e. The van der Waals surface area contributed by atoms with Crippen LogP contribution in [0.4, 0.5) is 5.69 Å². The highest BCUT2D eigenvalue weighted by Crippen LogP contribution is 2.29. The number of aromatic nitrogens is 1. The zero-order valence-corrected chi connectivity index (χ0v) is 9.65. The molecule has 0 radical (unpaired) electrons. The molecule has 1 aromatic carbocycles. The Kier molecular flexibility index (Phi) is 3.30. The molecule has 0 atom stereocenters. The molecule has 0 aliphatic heterocycles. The van der Waals surface area contributed by atoms with Crippen LogP contribution in [0.1, 0.15) is 10.4 Å². The van der Waals surface area contributed by atoms with Gasteiger partial charge in [0.2, 0.25) is 0 Å². The summed E-state index contributed by atoms with van der Waals surface area (Å²) in [6, 6.07) is 8.70. The van der Waals surface area contributed by atoms with E-state index in [2.05, 4.69) is 4.98 Å². The second-order valence-electron chi connectivity index (χ2n) is 3.34. The molecule has 3 N–H and O–H groups in total. The highest BCUT2D eigenvalue weighted by atomic mass is 32.2. The lowest BCUT2D eigenvalue weighted by Gasteiger charge is -2.05. The van der Waals surface area contributed by atoms with Crippen molar-refractivity contribution in [2.75, 3.05) is 5.73 Å². The highest BCUT2D eigenvalue weighted by molar-refractivity contribution is 7.99. The van der Waals surface area contributed by atoms with Gasteiger partial charge in [-0.25, -0.2) is 4.79 Å². The van der Waals surface area contributed by atoms with Crippen molar-refractivity contribution in [3.8, 4) is 0 Å². The molecular formula is C12H10N2O2S. The Morgan fingerprint density at radius 3 is 2.53 bits per heavy atom. The third kappa shape index (κ3) is 2.76. The van der Waals surface area contributed by atoms with Crippen LogP contribution in [0.25, 0.3) is 0 Å². The molecule has 0 amide bonds. The quantitative estimate of drug-likeness (QED) is 0.814. The molecule has 0 fully saturated rings. The second kappa shape index (κ2) is 4.88. The van der Waals surface area contributed by atoms with Crippen LogP contribution >= 0.6 is 11.8 Å². The van der Waals surface area contributed by atoms with Crippen molar-refractivity contribution < 1.29 is 9.90 Å². The van der Waals surface area contributed by atoms with Crippen LogP contribution in [0.3, 0.4) is 0 Å². The maximum absolute atomic E-state index is 10.9. The number of carboxylic acid groups (broad SMARTS) is 1. The molecule has 0 aliphatic rings. The molecule has 0 saturated carbocycles. The van der Waals surface area contributed by atoms with E-state index in [0.29, 0.717) is 0 Å². The molecule has 4 nitrogen and oxygen atoms in total. The fourth-order valence-electron chi connectivity index (χ4n) is 1.33. The smallest absolute Gasteiger partial charge is 0.337 e. The summed E-state index contributed by atoms with van der Waals surface area (Å²) in [6.45, 7) is 0. The van der Waals surface area contributed by atoms with E-state index in [4.69, 9.17) is 10.8 Å². The summed E-state index contributed by atoms with van der Waals surface area (Å²) in [5.41, 5.74) is 5.99. The van der Waals surface area contributed by atoms with E-state index in [1.807, 2.05) is 12.1 Å². The van der Waals surface area contributed by atoms with E-state index in [0.717, 1.165) is 9.79 Å². The maximum atomic E-state index is 10.9. The largest absolute Gasteiger partial charge is 0.478 e. The molecule has 2 aromatic rings. The SMILES string of the molecule is Nc1ccc(Sc2ccncc2)cc1C(=O)O. The summed E-state index contributed by atoms with van der Waals surface area (Å²) in [4.78, 5) is 16.7. The first-order chi connectivity index (χ1) is 8.16. The monoisotopic (exact) mass is 246 g/mol. The van der Waals surface area contributed by atoms with Gasteiger partial charge < -0.3 is 10.8 Å². The van der Waals surface area contributed by atoms with E-state index >= 15 is 0 Å². The average molecular weight is 246 g/mol. The number of hydrogen-bond donors (Lipinski definition) is 2. The fraction of sp³-hybridized carbons (Fsp3) is 0. The Bertz CT molecular complexity index is 543. The lowest BCUT2D eigenvalue weighted by atomic mass is 10.2. The van der Waals surface area contributed by atoms with Crippen molar-refractivity contribution in [2.24, 2.45) is 0 Å². The van der Waals surface area contributed by atoms with Crippen molar-refractivity contribution in [3.63, 3.8) is 0 Å². The predicted molar refractivity (Wildman–Crippen MR) is 66.2 cm³/mol. The summed E-state index contributed by atoms with van der Waals surface area (Å²) in [5, 5.41) is 8.96. The van der Waals surface area contributed by atoms with Gasteiger partial charge in [-0.1, -0.05) is 11.8 Å². The van der Waals surface area contributed by atoms with E-state index in [1.54, 1.807) is 30.6 Å². The zero-order valence-electron chi connectivity index (χ0n) is 8.83. The number of nitrogens with zero attached hydrogens (tertiary/aromatic N) is 1. The van der Waals surface area contributed by atoms with Crippen LogP contribution in [0.2, 0.25) is 0 Å². The number of nitrogens with two attached hydrogens (primary N) is 1. The van der Waals surface area contributed by atoms with Crippen molar-refractivity contribution in [1.82, 2.24) is 4.98 Å². The lowest BCUT2D eigenvalue weighted by molar-refractivity contribution is 0.0698. The molecule has 86 valence electrons. The standard InChI is InChI=1S/C12H10N2O2S/c13-11-2-1-9(7-10(11)12(15)16)17-8-3-5-14-6-4-8/h1-7H,13H2,(H,15,16). The van der Waals surface area contributed by atoms with Gasteiger partial charge in [0.05, 0.1) is 5.56 Å². The fourth-order valence-corrected chi connectivity index (χ4v) is 2.17. The topological polar surface area (TPSA) is 76.2 Å². The first-order valence-corrected chi connectivity index (χ1v) is 5.69. The van der Waals surface area contributed by atoms with Crippen molar-refractivity contribution >= 4 is 23.4 Å². The Balaban J connectivity index is 2.29.